The number of allylic oxidation sites excluding steroid dienone is 1. The summed E-state index contributed by atoms with van der Waals surface area (Å²) in [5.74, 6) is -7.33. The lowest BCUT2D eigenvalue weighted by atomic mass is 10.0. The van der Waals surface area contributed by atoms with E-state index in [4.69, 9.17) is 4.84 Å². The van der Waals surface area contributed by atoms with Crippen LogP contribution in [-0.2, 0) is 105 Å². The Bertz CT molecular complexity index is 2110. The molecule has 8 amide bonds. The van der Waals surface area contributed by atoms with E-state index in [1.54, 1.807) is 27.7 Å². The Hall–Kier alpha value is -8.32. The molecular weight excluding hydrogens is 900 g/mol. The van der Waals surface area contributed by atoms with Crippen LogP contribution in [0.15, 0.2) is 47.8 Å². The van der Waals surface area contributed by atoms with Gasteiger partial charge in [0.1, 0.15) is 5.76 Å². The molecule has 2 atom stereocenters. The first-order valence-electron chi connectivity index (χ1n) is 19.6. The molecule has 7 aliphatic rings. The summed E-state index contributed by atoms with van der Waals surface area (Å²) in [6, 6.07) is 0. The van der Waals surface area contributed by atoms with Gasteiger partial charge in [0.05, 0.1) is 18.3 Å². The topological polar surface area (TPSA) is 350 Å². The van der Waals surface area contributed by atoms with Gasteiger partial charge in [-0.15, -0.1) is 10.1 Å². The lowest BCUT2D eigenvalue weighted by Crippen LogP contribution is -2.41. The molecule has 0 spiro atoms. The molecule has 4 saturated heterocycles. The van der Waals surface area contributed by atoms with Gasteiger partial charge in [-0.2, -0.15) is 0 Å². The van der Waals surface area contributed by atoms with Crippen LogP contribution in [0.3, 0.4) is 0 Å². The minimum absolute atomic E-state index is 0.0947. The monoisotopic (exact) mass is 946 g/mol. The van der Waals surface area contributed by atoms with Crippen molar-refractivity contribution in [3.63, 3.8) is 0 Å². The maximum Gasteiger partial charge on any atom is 0.341 e. The number of imide groups is 4. The Labute approximate surface area is 380 Å². The number of carbonyl (C=O) groups excluding carboxylic acids is 16. The van der Waals surface area contributed by atoms with Crippen LogP contribution in [0, 0.1) is 11.8 Å². The van der Waals surface area contributed by atoms with Crippen LogP contribution in [0.2, 0.25) is 0 Å². The number of piperidine rings is 1. The normalized spacial score (nSPS) is 20.2. The molecule has 7 rings (SSSR count). The molecule has 0 unspecified atom stereocenters. The summed E-state index contributed by atoms with van der Waals surface area (Å²) in [6.45, 7) is 13.8. The van der Waals surface area contributed by atoms with Crippen molar-refractivity contribution in [1.82, 2.24) is 20.5 Å². The number of rotatable bonds is 4. The number of cyclic esters (lactones) is 6. The molecule has 67 heavy (non-hydrogen) atoms. The second-order valence-corrected chi connectivity index (χ2v) is 14.1. The predicted molar refractivity (Wildman–Crippen MR) is 213 cm³/mol. The van der Waals surface area contributed by atoms with E-state index in [-0.39, 0.29) is 61.7 Å². The quantitative estimate of drug-likeness (QED) is 0.129. The van der Waals surface area contributed by atoms with Crippen LogP contribution in [0.1, 0.15) is 99.8 Å². The molecule has 0 aromatic rings. The minimum Gasteiger partial charge on any atom is -0.393 e. The van der Waals surface area contributed by atoms with E-state index in [0.29, 0.717) is 51.4 Å². The minimum atomic E-state index is -0.659. The molecule has 26 nitrogen and oxygen atoms in total. The van der Waals surface area contributed by atoms with Crippen molar-refractivity contribution >= 4 is 95.0 Å². The highest BCUT2D eigenvalue weighted by Crippen LogP contribution is 2.16. The number of carbonyl (C=O) groups is 16. The highest BCUT2D eigenvalue weighted by molar-refractivity contribution is 6.16. The second-order valence-electron chi connectivity index (χ2n) is 14.1. The van der Waals surface area contributed by atoms with Crippen LogP contribution in [0.4, 0.5) is 0 Å². The Balaban J connectivity index is 0.000000393. The van der Waals surface area contributed by atoms with Gasteiger partial charge in [0, 0.05) is 81.4 Å². The third-order valence-corrected chi connectivity index (χ3v) is 7.98. The SMILES string of the molecule is C=C(C)ON1C(=O)C=CC1=O.CC(=O)ON1C(=O)CCC1=O.CC(=O)ON1C(=O)CCCC1=O.CC1=CC(=O)NC1=O.CC1=CC(=O)OC1=O.C[C@H]1CC(=O)OC1=O.C[C@H]1CCC(=O)OC1=O. The van der Waals surface area contributed by atoms with Gasteiger partial charge in [-0.1, -0.05) is 25.5 Å². The van der Waals surface area contributed by atoms with Crippen molar-refractivity contribution in [1.29, 1.82) is 0 Å². The number of ether oxygens (including phenoxy) is 3. The first-order chi connectivity index (χ1) is 31.1. The van der Waals surface area contributed by atoms with Gasteiger partial charge in [0.15, 0.2) is 0 Å². The first kappa shape index (κ1) is 56.7. The van der Waals surface area contributed by atoms with E-state index in [1.807, 2.05) is 0 Å². The average molecular weight is 947 g/mol. The summed E-state index contributed by atoms with van der Waals surface area (Å²) in [5, 5.41) is 3.81. The standard InChI is InChI=1S/C7H9NO4.C7H7NO3.C6H7NO4.C6H8O3.C5H5NO2.C5H6O3.C5H4O3/c1-5(9)12-8-6(10)3-2-4-7(8)11;1-5(2)11-8-6(9)3-4-7(8)10;1-4(8)11-7-5(9)2-3-6(7)10;1-4-2-3-5(7)9-6(4)8;1-3-2-4(7)6-5(3)8;2*1-3-2-4(6)8-5(3)7/h2-4H2,1H3;3-4H,1H2,2H3;2-3H2,1H3;4H,2-3H2,1H3;2H,1H3,(H,6,7,8);3H,2H2,1H3;2H,1H3/t;;;4-;;3-;/m...0.0./s1. The largest absolute Gasteiger partial charge is 0.393 e. The third-order valence-electron chi connectivity index (χ3n) is 7.98. The molecule has 0 radical (unpaired) electrons. The van der Waals surface area contributed by atoms with Crippen LogP contribution < -0.4 is 5.32 Å². The molecule has 0 aromatic carbocycles. The summed E-state index contributed by atoms with van der Waals surface area (Å²) in [7, 11) is 0. The molecule has 0 aliphatic carbocycles. The van der Waals surface area contributed by atoms with Gasteiger partial charge < -0.3 is 28.7 Å². The van der Waals surface area contributed by atoms with E-state index in [2.05, 4.69) is 35.8 Å². The zero-order valence-electron chi connectivity index (χ0n) is 37.2. The highest BCUT2D eigenvalue weighted by atomic mass is 16.7. The number of amides is 8. The number of hydroxylamine groups is 6. The maximum atomic E-state index is 11.0. The number of hydrogen-bond acceptors (Lipinski definition) is 22. The average Bonchev–Trinajstić information content (AvgIpc) is 3.98. The lowest BCUT2D eigenvalue weighted by molar-refractivity contribution is -0.203. The Morgan fingerprint density at radius 1 is 0.597 bits per heavy atom. The Kier molecular flexibility index (Phi) is 22.9. The number of nitrogens with one attached hydrogen (secondary N) is 1. The lowest BCUT2D eigenvalue weighted by Gasteiger charge is -2.21. The van der Waals surface area contributed by atoms with Crippen molar-refractivity contribution in [3.8, 4) is 0 Å². The molecule has 7 aliphatic heterocycles. The molecular formula is C41H46N4O22. The van der Waals surface area contributed by atoms with E-state index in [1.165, 1.54) is 19.1 Å². The van der Waals surface area contributed by atoms with E-state index < -0.39 is 77.2 Å². The van der Waals surface area contributed by atoms with E-state index in [9.17, 15) is 76.7 Å². The smallest absolute Gasteiger partial charge is 0.341 e. The molecule has 362 valence electrons. The maximum absolute atomic E-state index is 11.0. The molecule has 26 heteroatoms. The third kappa shape index (κ3) is 20.8. The van der Waals surface area contributed by atoms with Crippen molar-refractivity contribution in [2.45, 2.75) is 99.8 Å². The van der Waals surface area contributed by atoms with Crippen molar-refractivity contribution in [2.24, 2.45) is 11.8 Å². The van der Waals surface area contributed by atoms with Gasteiger partial charge in [0.25, 0.3) is 47.3 Å². The first-order valence-corrected chi connectivity index (χ1v) is 19.6. The number of hydrogen-bond donors (Lipinski definition) is 1. The summed E-state index contributed by atoms with van der Waals surface area (Å²) >= 11 is 0. The fourth-order valence-electron chi connectivity index (χ4n) is 4.63. The van der Waals surface area contributed by atoms with Crippen molar-refractivity contribution < 1.29 is 105 Å². The van der Waals surface area contributed by atoms with Crippen molar-refractivity contribution in [3.05, 3.63) is 47.8 Å². The van der Waals surface area contributed by atoms with E-state index >= 15 is 0 Å². The number of esters is 6. The molecule has 0 bridgehead atoms. The zero-order valence-corrected chi connectivity index (χ0v) is 37.2. The van der Waals surface area contributed by atoms with Crippen LogP contribution >= 0.6 is 0 Å². The molecule has 1 N–H and O–H groups in total. The molecule has 4 fully saturated rings. The van der Waals surface area contributed by atoms with Gasteiger partial charge in [-0.05, 0) is 33.6 Å². The summed E-state index contributed by atoms with van der Waals surface area (Å²) in [6.07, 6.45) is 7.33. The van der Waals surface area contributed by atoms with Gasteiger partial charge >= 0.3 is 47.8 Å². The number of nitrogens with zero attached hydrogens (tertiary/aromatic N) is 3. The highest BCUT2D eigenvalue weighted by Gasteiger charge is 2.32. The summed E-state index contributed by atoms with van der Waals surface area (Å²) in [4.78, 5) is 182. The van der Waals surface area contributed by atoms with Gasteiger partial charge in [-0.3, -0.25) is 62.9 Å². The fourth-order valence-corrected chi connectivity index (χ4v) is 4.63. The van der Waals surface area contributed by atoms with Crippen LogP contribution in [-0.4, -0.2) is 110 Å². The van der Waals surface area contributed by atoms with E-state index in [0.717, 1.165) is 26.0 Å². The Morgan fingerprint density at radius 3 is 1.33 bits per heavy atom. The van der Waals surface area contributed by atoms with Crippen LogP contribution in [0.25, 0.3) is 0 Å². The second kappa shape index (κ2) is 27.1. The zero-order chi connectivity index (χ0) is 51.3. The van der Waals surface area contributed by atoms with Gasteiger partial charge in [0.2, 0.25) is 0 Å². The molecule has 0 aromatic heterocycles. The Morgan fingerprint density at radius 2 is 1.06 bits per heavy atom. The molecule has 0 saturated carbocycles. The van der Waals surface area contributed by atoms with Crippen molar-refractivity contribution in [2.75, 3.05) is 0 Å². The summed E-state index contributed by atoms with van der Waals surface area (Å²) < 4.78 is 12.6. The van der Waals surface area contributed by atoms with Gasteiger partial charge in [-0.25, -0.2) is 19.2 Å². The predicted octanol–water partition coefficient (Wildman–Crippen LogP) is 0.181. The molecule has 7 heterocycles. The summed E-state index contributed by atoms with van der Waals surface area (Å²) in [5.41, 5.74) is 0.852. The van der Waals surface area contributed by atoms with Crippen LogP contribution in [0.5, 0.6) is 0 Å². The fraction of sp³-hybridized carbons (Fsp3) is 0.415.